The average Bonchev–Trinajstić information content (AvgIpc) is 3.29. The van der Waals surface area contributed by atoms with Crippen LogP contribution in [-0.2, 0) is 6.18 Å². The number of alkyl halides is 3. The summed E-state index contributed by atoms with van der Waals surface area (Å²) in [4.78, 5) is 10.6. The Labute approximate surface area is 218 Å². The number of hydrogen-bond donors (Lipinski definition) is 2. The highest BCUT2D eigenvalue weighted by Gasteiger charge is 2.37. The van der Waals surface area contributed by atoms with Crippen LogP contribution in [0.1, 0.15) is 57.1 Å². The van der Waals surface area contributed by atoms with Crippen molar-refractivity contribution in [3.63, 3.8) is 0 Å². The van der Waals surface area contributed by atoms with Crippen molar-refractivity contribution in [2.24, 2.45) is 0 Å². The molecule has 0 aromatic carbocycles. The van der Waals surface area contributed by atoms with Gasteiger partial charge in [-0.2, -0.15) is 18.3 Å². The van der Waals surface area contributed by atoms with Crippen LogP contribution in [0.5, 0.6) is 5.88 Å². The van der Waals surface area contributed by atoms with Crippen molar-refractivity contribution < 1.29 is 22.3 Å². The Morgan fingerprint density at radius 2 is 1.82 bits per heavy atom. The predicted octanol–water partition coefficient (Wildman–Crippen LogP) is 5.17. The zero-order valence-electron chi connectivity index (χ0n) is 21.6. The first-order valence-corrected chi connectivity index (χ1v) is 13.2. The van der Waals surface area contributed by atoms with Gasteiger partial charge in [-0.1, -0.05) is 0 Å². The van der Waals surface area contributed by atoms with E-state index in [1.54, 1.807) is 0 Å². The van der Waals surface area contributed by atoms with Crippen molar-refractivity contribution in [3.8, 4) is 5.88 Å². The molecule has 3 aromatic heterocycles. The van der Waals surface area contributed by atoms with Crippen LogP contribution in [-0.4, -0.2) is 58.6 Å². The van der Waals surface area contributed by atoms with Gasteiger partial charge in [0.15, 0.2) is 11.6 Å². The topological polar surface area (TPSA) is 80.1 Å². The number of nitrogens with zero attached hydrogens (tertiary/aromatic N) is 5. The fraction of sp³-hybridized carbons (Fsp3) is 0.577. The van der Waals surface area contributed by atoms with Gasteiger partial charge >= 0.3 is 6.18 Å². The molecular formula is C26H33F4N7O. The van der Waals surface area contributed by atoms with Gasteiger partial charge < -0.3 is 20.3 Å². The maximum absolute atomic E-state index is 14.4. The largest absolute Gasteiger partial charge is 0.472 e. The minimum absolute atomic E-state index is 0.0807. The third kappa shape index (κ3) is 5.36. The first-order valence-electron chi connectivity index (χ1n) is 13.2. The van der Waals surface area contributed by atoms with Gasteiger partial charge in [0.25, 0.3) is 5.88 Å². The second kappa shape index (κ2) is 10.9. The van der Waals surface area contributed by atoms with Crippen molar-refractivity contribution in [1.82, 2.24) is 25.1 Å². The van der Waals surface area contributed by atoms with Crippen LogP contribution in [0.3, 0.4) is 0 Å². The number of hydrogen-bond acceptors (Lipinski definition) is 7. The number of aromatic nitrogens is 4. The van der Waals surface area contributed by atoms with Gasteiger partial charge in [0.05, 0.1) is 22.5 Å². The third-order valence-electron chi connectivity index (χ3n) is 7.56. The highest BCUT2D eigenvalue weighted by molar-refractivity contribution is 5.91. The van der Waals surface area contributed by atoms with Crippen molar-refractivity contribution in [3.05, 3.63) is 35.9 Å². The molecule has 4 heterocycles. The lowest BCUT2D eigenvalue weighted by Crippen LogP contribution is -2.41. The van der Waals surface area contributed by atoms with Gasteiger partial charge in [0.1, 0.15) is 11.9 Å². The highest BCUT2D eigenvalue weighted by Crippen LogP contribution is 2.38. The lowest BCUT2D eigenvalue weighted by Gasteiger charge is -2.32. The Morgan fingerprint density at radius 3 is 2.47 bits per heavy atom. The lowest BCUT2D eigenvalue weighted by molar-refractivity contribution is -0.140. The van der Waals surface area contributed by atoms with Gasteiger partial charge in [-0.05, 0) is 58.6 Å². The summed E-state index contributed by atoms with van der Waals surface area (Å²) in [7, 11) is 1.99. The quantitative estimate of drug-likeness (QED) is 0.404. The van der Waals surface area contributed by atoms with Crippen LogP contribution in [0.15, 0.2) is 24.5 Å². The molecule has 1 saturated heterocycles. The van der Waals surface area contributed by atoms with E-state index >= 15 is 0 Å². The Morgan fingerprint density at radius 1 is 1.08 bits per heavy atom. The molecule has 0 spiro atoms. The maximum atomic E-state index is 14.4. The van der Waals surface area contributed by atoms with E-state index in [1.807, 2.05) is 26.2 Å². The van der Waals surface area contributed by atoms with Gasteiger partial charge in [-0.15, -0.1) is 0 Å². The number of rotatable bonds is 7. The zero-order chi connectivity index (χ0) is 26.9. The fourth-order valence-electron chi connectivity index (χ4n) is 5.48. The maximum Gasteiger partial charge on any atom is 0.419 e. The van der Waals surface area contributed by atoms with Crippen LogP contribution < -0.4 is 20.3 Å². The number of pyridine rings is 2. The first kappa shape index (κ1) is 26.5. The van der Waals surface area contributed by atoms with E-state index in [9.17, 15) is 17.6 Å². The van der Waals surface area contributed by atoms with E-state index in [2.05, 4.69) is 30.2 Å². The smallest absolute Gasteiger partial charge is 0.419 e. The number of ether oxygens (including phenoxy) is 1. The summed E-state index contributed by atoms with van der Waals surface area (Å²) in [5.74, 6) is -0.347. The van der Waals surface area contributed by atoms with Crippen LogP contribution in [0.2, 0.25) is 0 Å². The average molecular weight is 536 g/mol. The Bertz CT molecular complexity index is 1250. The minimum Gasteiger partial charge on any atom is -0.472 e. The lowest BCUT2D eigenvalue weighted by atomic mass is 9.93. The van der Waals surface area contributed by atoms with Gasteiger partial charge in [0, 0.05) is 44.1 Å². The molecule has 0 atom stereocenters. The Balaban J connectivity index is 1.35. The molecule has 0 bridgehead atoms. The van der Waals surface area contributed by atoms with Crippen LogP contribution in [0.25, 0.3) is 10.9 Å². The molecule has 2 aliphatic rings. The van der Waals surface area contributed by atoms with Crippen LogP contribution >= 0.6 is 0 Å². The molecule has 3 aromatic rings. The standard InChI is InChI=1S/C26H33F4N7O/c1-3-32-22-14-21-19(15-34-22)24(36-12-9-16(31-2)10-13-36)35-37(21)17-4-6-18(7-5-17)38-25-23(27)20(8-11-33-25)26(28,29)30/h8,11,14-18,31H,3-7,9-10,12-13H2,1-2H3,(H,32,34). The molecule has 0 radical (unpaired) electrons. The molecule has 12 heteroatoms. The van der Waals surface area contributed by atoms with E-state index < -0.39 is 29.5 Å². The summed E-state index contributed by atoms with van der Waals surface area (Å²) in [6, 6.07) is 3.24. The molecule has 2 fully saturated rings. The molecule has 1 aliphatic heterocycles. The fourth-order valence-corrected chi connectivity index (χ4v) is 5.48. The second-order valence-electron chi connectivity index (χ2n) is 9.96. The van der Waals surface area contributed by atoms with E-state index in [1.165, 1.54) is 0 Å². The van der Waals surface area contributed by atoms with E-state index in [4.69, 9.17) is 9.84 Å². The molecule has 8 nitrogen and oxygen atoms in total. The van der Waals surface area contributed by atoms with Crippen molar-refractivity contribution >= 4 is 22.5 Å². The molecule has 1 aliphatic carbocycles. The van der Waals surface area contributed by atoms with Crippen molar-refractivity contribution in [1.29, 1.82) is 0 Å². The number of fused-ring (bicyclic) bond motifs is 1. The van der Waals surface area contributed by atoms with E-state index in [0.29, 0.717) is 37.8 Å². The molecule has 5 rings (SSSR count). The first-order chi connectivity index (χ1) is 18.3. The summed E-state index contributed by atoms with van der Waals surface area (Å²) in [6.07, 6.45) is 2.17. The minimum atomic E-state index is -4.80. The van der Waals surface area contributed by atoms with E-state index in [-0.39, 0.29) is 6.04 Å². The summed E-state index contributed by atoms with van der Waals surface area (Å²) >= 11 is 0. The molecule has 0 unspecified atom stereocenters. The predicted molar refractivity (Wildman–Crippen MR) is 137 cm³/mol. The zero-order valence-corrected chi connectivity index (χ0v) is 21.6. The number of piperidine rings is 1. The molecule has 38 heavy (non-hydrogen) atoms. The number of halogens is 4. The van der Waals surface area contributed by atoms with Crippen molar-refractivity contribution in [2.75, 3.05) is 36.9 Å². The number of nitrogens with one attached hydrogen (secondary N) is 2. The Kier molecular flexibility index (Phi) is 7.60. The summed E-state index contributed by atoms with van der Waals surface area (Å²) in [5, 5.41) is 12.7. The van der Waals surface area contributed by atoms with Crippen LogP contribution in [0, 0.1) is 5.82 Å². The normalized spacial score (nSPS) is 21.2. The van der Waals surface area contributed by atoms with Crippen molar-refractivity contribution in [2.45, 2.75) is 69.8 Å². The molecule has 1 saturated carbocycles. The molecule has 2 N–H and O–H groups in total. The monoisotopic (exact) mass is 535 g/mol. The van der Waals surface area contributed by atoms with Gasteiger partial charge in [0.2, 0.25) is 0 Å². The van der Waals surface area contributed by atoms with Gasteiger partial charge in [-0.3, -0.25) is 4.68 Å². The van der Waals surface area contributed by atoms with Crippen LogP contribution in [0.4, 0.5) is 29.2 Å². The molecule has 0 amide bonds. The summed E-state index contributed by atoms with van der Waals surface area (Å²) in [6.45, 7) is 4.58. The summed E-state index contributed by atoms with van der Waals surface area (Å²) < 4.78 is 61.3. The summed E-state index contributed by atoms with van der Waals surface area (Å²) in [5.41, 5.74) is -0.368. The molecule has 206 valence electrons. The van der Waals surface area contributed by atoms with Gasteiger partial charge in [-0.25, -0.2) is 14.4 Å². The second-order valence-corrected chi connectivity index (χ2v) is 9.96. The SMILES string of the molecule is CCNc1cc2c(cn1)c(N1CCC(NC)CC1)nn2C1CCC(Oc2nccc(C(F)(F)F)c2F)CC1. The number of anilines is 2. The molecular weight excluding hydrogens is 502 g/mol. The highest BCUT2D eigenvalue weighted by atomic mass is 19.4. The third-order valence-corrected chi connectivity index (χ3v) is 7.56. The van der Waals surface area contributed by atoms with E-state index in [0.717, 1.165) is 61.2 Å². The Hall–Kier alpha value is -3.15.